The first-order chi connectivity index (χ1) is 16.0. The summed E-state index contributed by atoms with van der Waals surface area (Å²) < 4.78 is 23.4. The van der Waals surface area contributed by atoms with Crippen molar-refractivity contribution in [3.8, 4) is 0 Å². The summed E-state index contributed by atoms with van der Waals surface area (Å²) in [5, 5.41) is 2.63. The lowest BCUT2D eigenvalue weighted by atomic mass is 9.92. The molecule has 1 N–H and O–H groups in total. The normalized spacial score (nSPS) is 24.0. The molecule has 3 aliphatic heterocycles. The molecule has 11 heteroatoms. The molecule has 0 unspecified atom stereocenters. The number of imide groups is 1. The van der Waals surface area contributed by atoms with Gasteiger partial charge in [-0.25, -0.2) is 13.2 Å². The maximum Gasteiger partial charge on any atom is 0.325 e. The first-order valence-electron chi connectivity index (χ1n) is 11.5. The first kappa shape index (κ1) is 24.2. The minimum absolute atomic E-state index is 0.0861. The van der Waals surface area contributed by atoms with Crippen LogP contribution in [0.4, 0.5) is 4.79 Å². The van der Waals surface area contributed by atoms with Crippen LogP contribution in [0.3, 0.4) is 0 Å². The van der Waals surface area contributed by atoms with Gasteiger partial charge in [-0.2, -0.15) is 0 Å². The quantitative estimate of drug-likeness (QED) is 0.607. The molecule has 3 heterocycles. The Kier molecular flexibility index (Phi) is 6.41. The van der Waals surface area contributed by atoms with E-state index in [-0.39, 0.29) is 29.2 Å². The maximum atomic E-state index is 13.1. The zero-order valence-corrected chi connectivity index (χ0v) is 20.3. The largest absolute Gasteiger partial charge is 0.342 e. The van der Waals surface area contributed by atoms with Gasteiger partial charge in [-0.1, -0.05) is 12.1 Å². The molecular weight excluding hydrogens is 460 g/mol. The Morgan fingerprint density at radius 2 is 1.59 bits per heavy atom. The number of piperidine rings is 1. The summed E-state index contributed by atoms with van der Waals surface area (Å²) >= 11 is 0. The van der Waals surface area contributed by atoms with E-state index >= 15 is 0 Å². The first-order valence-corrected chi connectivity index (χ1v) is 13.4. The van der Waals surface area contributed by atoms with Gasteiger partial charge in [0.1, 0.15) is 12.1 Å². The molecule has 3 fully saturated rings. The summed E-state index contributed by atoms with van der Waals surface area (Å²) in [4.78, 5) is 55.7. The number of urea groups is 1. The highest BCUT2D eigenvalue weighted by Crippen LogP contribution is 2.30. The number of carbonyl (C=O) groups excluding carboxylic acids is 4. The van der Waals surface area contributed by atoms with Gasteiger partial charge in [0.05, 0.1) is 4.90 Å². The second-order valence-electron chi connectivity index (χ2n) is 9.43. The van der Waals surface area contributed by atoms with Crippen molar-refractivity contribution >= 4 is 33.6 Å². The molecule has 0 aliphatic carbocycles. The molecule has 0 aromatic heterocycles. The predicted molar refractivity (Wildman–Crippen MR) is 122 cm³/mol. The minimum Gasteiger partial charge on any atom is -0.342 e. The summed E-state index contributed by atoms with van der Waals surface area (Å²) in [5.41, 5.74) is -0.975. The monoisotopic (exact) mass is 490 g/mol. The number of nitrogens with zero attached hydrogens (tertiary/aromatic N) is 3. The van der Waals surface area contributed by atoms with E-state index in [2.05, 4.69) is 5.32 Å². The zero-order chi connectivity index (χ0) is 24.7. The lowest BCUT2D eigenvalue weighted by molar-refractivity contribution is -0.142. The molecule has 1 aromatic carbocycles. The lowest BCUT2D eigenvalue weighted by Gasteiger charge is -2.33. The van der Waals surface area contributed by atoms with E-state index in [4.69, 9.17) is 0 Å². The SMILES string of the molecule is C[C@@]1(c2ccc(S(C)(=O)=O)cc2)NC(=O)N(CC(=O)N2CCC(C(=O)N3CCCC3)CC2)C1=O. The molecule has 0 saturated carbocycles. The van der Waals surface area contributed by atoms with Crippen molar-refractivity contribution in [3.63, 3.8) is 0 Å². The van der Waals surface area contributed by atoms with Crippen LogP contribution in [0.25, 0.3) is 0 Å². The second kappa shape index (κ2) is 9.01. The Morgan fingerprint density at radius 3 is 2.15 bits per heavy atom. The van der Waals surface area contributed by atoms with Gasteiger partial charge in [-0.3, -0.25) is 19.3 Å². The fourth-order valence-electron chi connectivity index (χ4n) is 4.88. The summed E-state index contributed by atoms with van der Waals surface area (Å²) in [6.45, 7) is 3.59. The Hall–Kier alpha value is -2.95. The fraction of sp³-hybridized carbons (Fsp3) is 0.565. The fourth-order valence-corrected chi connectivity index (χ4v) is 5.51. The molecule has 5 amide bonds. The zero-order valence-electron chi connectivity index (χ0n) is 19.5. The molecule has 4 rings (SSSR count). The van der Waals surface area contributed by atoms with Crippen LogP contribution in [0.15, 0.2) is 29.2 Å². The number of hydrogen-bond donors (Lipinski definition) is 1. The van der Waals surface area contributed by atoms with E-state index in [9.17, 15) is 27.6 Å². The van der Waals surface area contributed by atoms with Crippen molar-refractivity contribution in [3.05, 3.63) is 29.8 Å². The topological polar surface area (TPSA) is 124 Å². The van der Waals surface area contributed by atoms with Crippen LogP contribution < -0.4 is 5.32 Å². The average molecular weight is 491 g/mol. The van der Waals surface area contributed by atoms with E-state index in [1.54, 1.807) is 4.90 Å². The van der Waals surface area contributed by atoms with Crippen LogP contribution in [0.2, 0.25) is 0 Å². The van der Waals surface area contributed by atoms with Crippen molar-refractivity contribution in [2.45, 2.75) is 43.0 Å². The standard InChI is InChI=1S/C23H30N4O6S/c1-23(17-5-7-18(8-6-17)34(2,32)33)21(30)27(22(31)24-23)15-19(28)25-13-9-16(10-14-25)20(29)26-11-3-4-12-26/h5-8,16H,3-4,9-15H2,1-2H3,(H,24,31)/t23-/m0/s1. The third-order valence-corrected chi connectivity index (χ3v) is 8.17. The number of benzene rings is 1. The Balaban J connectivity index is 1.37. The second-order valence-corrected chi connectivity index (χ2v) is 11.4. The van der Waals surface area contributed by atoms with Gasteiger partial charge in [0, 0.05) is 38.4 Å². The smallest absolute Gasteiger partial charge is 0.325 e. The van der Waals surface area contributed by atoms with Gasteiger partial charge in [-0.05, 0) is 50.3 Å². The molecule has 3 saturated heterocycles. The third kappa shape index (κ3) is 4.53. The number of sulfone groups is 1. The lowest BCUT2D eigenvalue weighted by Crippen LogP contribution is -2.48. The molecule has 1 atom stereocenters. The van der Waals surface area contributed by atoms with Crippen molar-refractivity contribution in [1.29, 1.82) is 0 Å². The summed E-state index contributed by atoms with van der Waals surface area (Å²) in [5.74, 6) is -0.835. The van der Waals surface area contributed by atoms with Crippen molar-refractivity contribution in [2.24, 2.45) is 5.92 Å². The summed E-state index contributed by atoms with van der Waals surface area (Å²) in [6, 6.07) is 5.07. The Labute approximate surface area is 199 Å². The van der Waals surface area contributed by atoms with E-state index in [0.717, 1.165) is 37.1 Å². The summed E-state index contributed by atoms with van der Waals surface area (Å²) in [7, 11) is -3.40. The third-order valence-electron chi connectivity index (χ3n) is 7.04. The number of rotatable bonds is 5. The molecule has 34 heavy (non-hydrogen) atoms. The molecule has 184 valence electrons. The highest BCUT2D eigenvalue weighted by atomic mass is 32.2. The average Bonchev–Trinajstić information content (AvgIpc) is 3.42. The molecule has 0 bridgehead atoms. The van der Waals surface area contributed by atoms with E-state index < -0.39 is 27.3 Å². The molecule has 0 spiro atoms. The number of carbonyl (C=O) groups is 4. The van der Waals surface area contributed by atoms with Crippen molar-refractivity contribution in [1.82, 2.24) is 20.0 Å². The predicted octanol–water partition coefficient (Wildman–Crippen LogP) is 0.718. The Bertz CT molecular complexity index is 1100. The molecule has 0 radical (unpaired) electrons. The van der Waals surface area contributed by atoms with Gasteiger partial charge >= 0.3 is 6.03 Å². The van der Waals surface area contributed by atoms with Gasteiger partial charge in [-0.15, -0.1) is 0 Å². The van der Waals surface area contributed by atoms with Crippen molar-refractivity contribution < 1.29 is 27.6 Å². The van der Waals surface area contributed by atoms with E-state index in [1.165, 1.54) is 31.2 Å². The summed E-state index contributed by atoms with van der Waals surface area (Å²) in [6.07, 6.45) is 4.31. The molecular formula is C23H30N4O6S. The van der Waals surface area contributed by atoms with Gasteiger partial charge in [0.25, 0.3) is 5.91 Å². The highest BCUT2D eigenvalue weighted by Gasteiger charge is 2.50. The van der Waals surface area contributed by atoms with Crippen LogP contribution in [-0.2, 0) is 29.8 Å². The van der Waals surface area contributed by atoms with E-state index in [0.29, 0.717) is 31.5 Å². The van der Waals surface area contributed by atoms with Gasteiger partial charge in [0.15, 0.2) is 9.84 Å². The van der Waals surface area contributed by atoms with Gasteiger partial charge in [0.2, 0.25) is 11.8 Å². The minimum atomic E-state index is -3.40. The van der Waals surface area contributed by atoms with Crippen LogP contribution >= 0.6 is 0 Å². The van der Waals surface area contributed by atoms with Crippen molar-refractivity contribution in [2.75, 3.05) is 39.0 Å². The van der Waals surface area contributed by atoms with E-state index in [1.807, 2.05) is 4.90 Å². The van der Waals surface area contributed by atoms with Crippen LogP contribution in [0.5, 0.6) is 0 Å². The molecule has 3 aliphatic rings. The number of amides is 5. The highest BCUT2D eigenvalue weighted by molar-refractivity contribution is 7.90. The Morgan fingerprint density at radius 1 is 1.00 bits per heavy atom. The van der Waals surface area contributed by atoms with Crippen LogP contribution in [0.1, 0.15) is 38.2 Å². The van der Waals surface area contributed by atoms with Crippen LogP contribution in [-0.4, -0.2) is 85.8 Å². The number of likely N-dealkylation sites (tertiary alicyclic amines) is 2. The maximum absolute atomic E-state index is 13.1. The van der Waals surface area contributed by atoms with Crippen LogP contribution in [0, 0.1) is 5.92 Å². The number of nitrogens with one attached hydrogen (secondary N) is 1. The van der Waals surface area contributed by atoms with Gasteiger partial charge < -0.3 is 15.1 Å². The number of hydrogen-bond acceptors (Lipinski definition) is 6. The molecule has 1 aromatic rings. The molecule has 10 nitrogen and oxygen atoms in total.